The Morgan fingerprint density at radius 1 is 1.17 bits per heavy atom. The highest BCUT2D eigenvalue weighted by molar-refractivity contribution is 7.92. The molecule has 0 aliphatic heterocycles. The van der Waals surface area contributed by atoms with E-state index in [1.54, 1.807) is 0 Å². The van der Waals surface area contributed by atoms with Gasteiger partial charge in [-0.2, -0.15) is 0 Å². The van der Waals surface area contributed by atoms with Crippen molar-refractivity contribution in [2.24, 2.45) is 0 Å². The maximum atomic E-state index is 13.8. The van der Waals surface area contributed by atoms with E-state index in [0.29, 0.717) is 0 Å². The molecule has 0 saturated heterocycles. The maximum absolute atomic E-state index is 13.8. The molecule has 0 aliphatic carbocycles. The maximum Gasteiger partial charge on any atom is 0.269 e. The normalized spacial score (nSPS) is 10.9. The molecule has 0 aromatic heterocycles. The number of hydrogen-bond acceptors (Lipinski definition) is 5. The first kappa shape index (κ1) is 17.3. The number of halogens is 1. The van der Waals surface area contributed by atoms with Crippen molar-refractivity contribution in [2.45, 2.75) is 11.8 Å². The van der Waals surface area contributed by atoms with E-state index in [4.69, 9.17) is 0 Å². The molecule has 0 heterocycles. The van der Waals surface area contributed by atoms with E-state index in [0.717, 1.165) is 36.4 Å². The molecule has 2 N–H and O–H groups in total. The Kier molecular flexibility index (Phi) is 4.79. The largest absolute Gasteiger partial charge is 0.326 e. The molecule has 2 aromatic carbocycles. The summed E-state index contributed by atoms with van der Waals surface area (Å²) in [6.07, 6.45) is 0. The van der Waals surface area contributed by atoms with Gasteiger partial charge in [0, 0.05) is 24.7 Å². The summed E-state index contributed by atoms with van der Waals surface area (Å²) in [7, 11) is -4.15. The number of sulfonamides is 1. The molecule has 1 amide bonds. The number of carbonyl (C=O) groups excluding carboxylic acids is 1. The molecular formula is C14H12FN3O5S. The number of carbonyl (C=O) groups is 1. The predicted octanol–water partition coefficient (Wildman–Crippen LogP) is 2.49. The van der Waals surface area contributed by atoms with Crippen LogP contribution in [0.3, 0.4) is 0 Å². The lowest BCUT2D eigenvalue weighted by molar-refractivity contribution is -0.384. The van der Waals surface area contributed by atoms with Crippen LogP contribution in [0.25, 0.3) is 0 Å². The average Bonchev–Trinajstić information content (AvgIpc) is 2.50. The highest BCUT2D eigenvalue weighted by Gasteiger charge is 2.18. The van der Waals surface area contributed by atoms with Crippen LogP contribution in [0.15, 0.2) is 47.4 Å². The van der Waals surface area contributed by atoms with Gasteiger partial charge in [-0.15, -0.1) is 0 Å². The van der Waals surface area contributed by atoms with Gasteiger partial charge in [0.05, 0.1) is 15.5 Å². The molecule has 24 heavy (non-hydrogen) atoms. The van der Waals surface area contributed by atoms with Crippen LogP contribution in [0, 0.1) is 15.9 Å². The van der Waals surface area contributed by atoms with Gasteiger partial charge in [-0.25, -0.2) is 12.8 Å². The highest BCUT2D eigenvalue weighted by atomic mass is 32.2. The quantitative estimate of drug-likeness (QED) is 0.632. The fourth-order valence-corrected chi connectivity index (χ4v) is 2.89. The van der Waals surface area contributed by atoms with Crippen LogP contribution in [-0.2, 0) is 14.8 Å². The lowest BCUT2D eigenvalue weighted by Crippen LogP contribution is -2.14. The van der Waals surface area contributed by atoms with Crippen molar-refractivity contribution in [1.29, 1.82) is 0 Å². The number of non-ortho nitro benzene ring substituents is 1. The van der Waals surface area contributed by atoms with Crippen molar-refractivity contribution in [1.82, 2.24) is 0 Å². The van der Waals surface area contributed by atoms with E-state index < -0.39 is 26.7 Å². The molecule has 0 unspecified atom stereocenters. The second-order valence-electron chi connectivity index (χ2n) is 4.73. The highest BCUT2D eigenvalue weighted by Crippen LogP contribution is 2.24. The Bertz CT molecular complexity index is 897. The number of nitrogens with zero attached hydrogens (tertiary/aromatic N) is 1. The smallest absolute Gasteiger partial charge is 0.269 e. The minimum atomic E-state index is -4.15. The fraction of sp³-hybridized carbons (Fsp3) is 0.0714. The Balaban J connectivity index is 2.31. The number of amides is 1. The monoisotopic (exact) mass is 353 g/mol. The molecule has 8 nitrogen and oxygen atoms in total. The molecule has 0 spiro atoms. The van der Waals surface area contributed by atoms with Crippen molar-refractivity contribution in [3.8, 4) is 0 Å². The van der Waals surface area contributed by atoms with Crippen LogP contribution in [0.5, 0.6) is 0 Å². The van der Waals surface area contributed by atoms with Crippen molar-refractivity contribution < 1.29 is 22.5 Å². The van der Waals surface area contributed by atoms with E-state index in [1.807, 2.05) is 4.72 Å². The number of hydrogen-bond donors (Lipinski definition) is 2. The molecule has 0 bridgehead atoms. The number of nitrogens with one attached hydrogen (secondary N) is 2. The van der Waals surface area contributed by atoms with E-state index >= 15 is 0 Å². The fourth-order valence-electron chi connectivity index (χ4n) is 1.84. The first-order chi connectivity index (χ1) is 11.2. The number of rotatable bonds is 5. The van der Waals surface area contributed by atoms with Gasteiger partial charge in [-0.05, 0) is 30.3 Å². The van der Waals surface area contributed by atoms with Crippen LogP contribution in [0.2, 0.25) is 0 Å². The molecule has 0 fully saturated rings. The first-order valence-corrected chi connectivity index (χ1v) is 8.02. The number of anilines is 2. The summed E-state index contributed by atoms with van der Waals surface area (Å²) in [5, 5.41) is 13.0. The van der Waals surface area contributed by atoms with Gasteiger partial charge in [-0.1, -0.05) is 0 Å². The summed E-state index contributed by atoms with van der Waals surface area (Å²) >= 11 is 0. The Labute approximate surface area is 136 Å². The Morgan fingerprint density at radius 2 is 1.79 bits per heavy atom. The van der Waals surface area contributed by atoms with Crippen LogP contribution in [-0.4, -0.2) is 19.2 Å². The summed E-state index contributed by atoms with van der Waals surface area (Å²) in [4.78, 5) is 20.7. The number of nitro groups is 1. The SMILES string of the molecule is CC(=O)Nc1ccc(F)c(NS(=O)(=O)c2ccc([N+](=O)[O-])cc2)c1. The van der Waals surface area contributed by atoms with E-state index in [1.165, 1.54) is 13.0 Å². The lowest BCUT2D eigenvalue weighted by atomic mass is 10.2. The standard InChI is InChI=1S/C14H12FN3O5S/c1-9(19)16-10-2-7-13(15)14(8-10)17-24(22,23)12-5-3-11(4-6-12)18(20)21/h2-8,17H,1H3,(H,16,19). The van der Waals surface area contributed by atoms with Gasteiger partial charge >= 0.3 is 0 Å². The minimum absolute atomic E-state index is 0.213. The summed E-state index contributed by atoms with van der Waals surface area (Å²) in [5.41, 5.74) is -0.419. The summed E-state index contributed by atoms with van der Waals surface area (Å²) < 4.78 is 40.3. The van der Waals surface area contributed by atoms with Crippen LogP contribution < -0.4 is 10.0 Å². The van der Waals surface area contributed by atoms with Gasteiger partial charge in [0.1, 0.15) is 5.82 Å². The van der Waals surface area contributed by atoms with Crippen LogP contribution in [0.1, 0.15) is 6.92 Å². The molecular weight excluding hydrogens is 341 g/mol. The molecule has 2 aromatic rings. The van der Waals surface area contributed by atoms with Crippen molar-refractivity contribution in [2.75, 3.05) is 10.0 Å². The summed E-state index contributed by atoms with van der Waals surface area (Å²) in [6, 6.07) is 7.53. The molecule has 126 valence electrons. The average molecular weight is 353 g/mol. The predicted molar refractivity (Wildman–Crippen MR) is 84.6 cm³/mol. The van der Waals surface area contributed by atoms with E-state index in [-0.39, 0.29) is 22.0 Å². The van der Waals surface area contributed by atoms with Gasteiger partial charge in [0.2, 0.25) is 5.91 Å². The molecule has 0 aliphatic rings. The molecule has 2 rings (SSSR count). The van der Waals surface area contributed by atoms with Gasteiger partial charge in [0.15, 0.2) is 0 Å². The molecule has 0 atom stereocenters. The second kappa shape index (κ2) is 6.62. The molecule has 10 heteroatoms. The zero-order valence-electron chi connectivity index (χ0n) is 12.3. The molecule has 0 radical (unpaired) electrons. The Hall–Kier alpha value is -3.01. The van der Waals surface area contributed by atoms with E-state index in [9.17, 15) is 27.7 Å². The summed E-state index contributed by atoms with van der Waals surface area (Å²) in [5.74, 6) is -1.24. The van der Waals surface area contributed by atoms with Gasteiger partial charge in [0.25, 0.3) is 15.7 Å². The van der Waals surface area contributed by atoms with Gasteiger partial charge < -0.3 is 5.32 Å². The zero-order valence-corrected chi connectivity index (χ0v) is 13.1. The number of nitro benzene ring substituents is 1. The minimum Gasteiger partial charge on any atom is -0.326 e. The molecule has 0 saturated carbocycles. The van der Waals surface area contributed by atoms with Crippen molar-refractivity contribution in [3.63, 3.8) is 0 Å². The third kappa shape index (κ3) is 4.04. The first-order valence-electron chi connectivity index (χ1n) is 6.53. The lowest BCUT2D eigenvalue weighted by Gasteiger charge is -2.11. The Morgan fingerprint density at radius 3 is 2.33 bits per heavy atom. The van der Waals surface area contributed by atoms with Gasteiger partial charge in [-0.3, -0.25) is 19.6 Å². The third-order valence-electron chi connectivity index (χ3n) is 2.89. The second-order valence-corrected chi connectivity index (χ2v) is 6.41. The van der Waals surface area contributed by atoms with Crippen LogP contribution in [0.4, 0.5) is 21.5 Å². The zero-order chi connectivity index (χ0) is 17.9. The van der Waals surface area contributed by atoms with Crippen molar-refractivity contribution >= 4 is 33.0 Å². The van der Waals surface area contributed by atoms with E-state index in [2.05, 4.69) is 5.32 Å². The number of benzene rings is 2. The third-order valence-corrected chi connectivity index (χ3v) is 4.27. The van der Waals surface area contributed by atoms with Crippen LogP contribution >= 0.6 is 0 Å². The topological polar surface area (TPSA) is 118 Å². The summed E-state index contributed by atoms with van der Waals surface area (Å²) in [6.45, 7) is 1.25. The van der Waals surface area contributed by atoms with Crippen molar-refractivity contribution in [3.05, 3.63) is 58.4 Å².